The molecule has 0 atom stereocenters. The number of anilines is 1. The molecule has 0 saturated carbocycles. The van der Waals surface area contributed by atoms with E-state index >= 15 is 0 Å². The van der Waals surface area contributed by atoms with Crippen molar-refractivity contribution in [3.8, 4) is 5.75 Å². The summed E-state index contributed by atoms with van der Waals surface area (Å²) in [5.74, 6) is 0.331. The average Bonchev–Trinajstić information content (AvgIpc) is 2.62. The van der Waals surface area contributed by atoms with Crippen LogP contribution >= 0.6 is 12.2 Å². The number of morpholine rings is 1. The summed E-state index contributed by atoms with van der Waals surface area (Å²) in [7, 11) is 0. The fourth-order valence-corrected chi connectivity index (χ4v) is 2.55. The number of ether oxygens (including phenoxy) is 2. The SMILES string of the molecule is NC1=C(C(=O)N2CCOCC2)C(=S)Nc2ccccc2O1. The molecule has 1 amide bonds. The van der Waals surface area contributed by atoms with Crippen molar-refractivity contribution in [3.05, 3.63) is 35.7 Å². The number of para-hydroxylation sites is 2. The van der Waals surface area contributed by atoms with Crippen LogP contribution in [-0.4, -0.2) is 42.1 Å². The first-order valence-electron chi connectivity index (χ1n) is 6.62. The number of rotatable bonds is 1. The van der Waals surface area contributed by atoms with Crippen molar-refractivity contribution in [2.45, 2.75) is 0 Å². The normalized spacial score (nSPS) is 18.5. The Labute approximate surface area is 127 Å². The number of carbonyl (C=O) groups excluding carboxylic acids is 1. The van der Waals surface area contributed by atoms with E-state index in [2.05, 4.69) is 5.32 Å². The van der Waals surface area contributed by atoms with Gasteiger partial charge in [-0.2, -0.15) is 0 Å². The first kappa shape index (κ1) is 13.8. The molecule has 3 rings (SSSR count). The van der Waals surface area contributed by atoms with E-state index in [1.165, 1.54) is 0 Å². The minimum absolute atomic E-state index is 0.0222. The first-order chi connectivity index (χ1) is 10.2. The smallest absolute Gasteiger partial charge is 0.262 e. The molecule has 110 valence electrons. The van der Waals surface area contributed by atoms with Crippen LogP contribution in [0.15, 0.2) is 35.7 Å². The van der Waals surface area contributed by atoms with Crippen molar-refractivity contribution in [2.75, 3.05) is 31.6 Å². The third kappa shape index (κ3) is 2.70. The van der Waals surface area contributed by atoms with Crippen LogP contribution in [-0.2, 0) is 9.53 Å². The van der Waals surface area contributed by atoms with Gasteiger partial charge in [0, 0.05) is 13.1 Å². The highest BCUT2D eigenvalue weighted by Gasteiger charge is 2.29. The summed E-state index contributed by atoms with van der Waals surface area (Å²) < 4.78 is 10.8. The largest absolute Gasteiger partial charge is 0.438 e. The maximum absolute atomic E-state index is 12.6. The van der Waals surface area contributed by atoms with E-state index in [1.807, 2.05) is 18.2 Å². The standard InChI is InChI=1S/C14H15N3O3S/c15-12-11(14(18)17-5-7-19-8-6-17)13(21)16-9-3-1-2-4-10(9)20-12/h1-4H,5-8,15H2,(H,16,21). The van der Waals surface area contributed by atoms with Crippen molar-refractivity contribution in [3.63, 3.8) is 0 Å². The lowest BCUT2D eigenvalue weighted by molar-refractivity contribution is -0.130. The van der Waals surface area contributed by atoms with Crippen LogP contribution in [0.2, 0.25) is 0 Å². The molecule has 2 aliphatic rings. The maximum atomic E-state index is 12.6. The average molecular weight is 305 g/mol. The zero-order chi connectivity index (χ0) is 14.8. The molecule has 0 aromatic heterocycles. The highest BCUT2D eigenvalue weighted by Crippen LogP contribution is 2.29. The quantitative estimate of drug-likeness (QED) is 0.749. The molecule has 0 bridgehead atoms. The summed E-state index contributed by atoms with van der Waals surface area (Å²) in [4.78, 5) is 14.5. The lowest BCUT2D eigenvalue weighted by Gasteiger charge is -2.27. The van der Waals surface area contributed by atoms with E-state index in [9.17, 15) is 4.79 Å². The van der Waals surface area contributed by atoms with Gasteiger partial charge in [0.2, 0.25) is 5.88 Å². The summed E-state index contributed by atoms with van der Waals surface area (Å²) in [6.45, 7) is 2.07. The molecule has 0 unspecified atom stereocenters. The molecule has 2 heterocycles. The van der Waals surface area contributed by atoms with Crippen molar-refractivity contribution < 1.29 is 14.3 Å². The molecule has 21 heavy (non-hydrogen) atoms. The van der Waals surface area contributed by atoms with E-state index in [-0.39, 0.29) is 22.4 Å². The van der Waals surface area contributed by atoms with Gasteiger partial charge < -0.3 is 25.4 Å². The van der Waals surface area contributed by atoms with Crippen molar-refractivity contribution in [1.29, 1.82) is 0 Å². The molecule has 0 radical (unpaired) electrons. The molecule has 6 nitrogen and oxygen atoms in total. The molecule has 1 saturated heterocycles. The van der Waals surface area contributed by atoms with Crippen LogP contribution in [0, 0.1) is 0 Å². The molecule has 7 heteroatoms. The van der Waals surface area contributed by atoms with Crippen molar-refractivity contribution in [1.82, 2.24) is 4.90 Å². The van der Waals surface area contributed by atoms with Gasteiger partial charge in [-0.25, -0.2) is 0 Å². The number of nitrogens with one attached hydrogen (secondary N) is 1. The van der Waals surface area contributed by atoms with Crippen LogP contribution in [0.4, 0.5) is 5.69 Å². The number of amides is 1. The van der Waals surface area contributed by atoms with Gasteiger partial charge in [0.25, 0.3) is 5.91 Å². The Morgan fingerprint density at radius 2 is 2.00 bits per heavy atom. The second-order valence-corrected chi connectivity index (χ2v) is 5.10. The zero-order valence-electron chi connectivity index (χ0n) is 11.3. The van der Waals surface area contributed by atoms with E-state index in [4.69, 9.17) is 27.4 Å². The Morgan fingerprint density at radius 3 is 2.76 bits per heavy atom. The lowest BCUT2D eigenvalue weighted by Crippen LogP contribution is -2.43. The summed E-state index contributed by atoms with van der Waals surface area (Å²) in [6.07, 6.45) is 0. The predicted molar refractivity (Wildman–Crippen MR) is 81.9 cm³/mol. The highest BCUT2D eigenvalue weighted by molar-refractivity contribution is 7.81. The highest BCUT2D eigenvalue weighted by atomic mass is 32.1. The Hall–Kier alpha value is -2.12. The minimum Gasteiger partial charge on any atom is -0.438 e. The topological polar surface area (TPSA) is 76.8 Å². The number of nitrogens with zero attached hydrogens (tertiary/aromatic N) is 1. The molecule has 2 aliphatic heterocycles. The number of fused-ring (bicyclic) bond motifs is 1. The number of hydrogen-bond acceptors (Lipinski definition) is 5. The van der Waals surface area contributed by atoms with E-state index in [1.54, 1.807) is 11.0 Å². The van der Waals surface area contributed by atoms with Crippen molar-refractivity contribution in [2.24, 2.45) is 5.73 Å². The molecule has 1 fully saturated rings. The molecule has 0 aliphatic carbocycles. The van der Waals surface area contributed by atoms with Gasteiger partial charge in [-0.1, -0.05) is 24.4 Å². The fraction of sp³-hybridized carbons (Fsp3) is 0.286. The van der Waals surface area contributed by atoms with E-state index < -0.39 is 0 Å². The van der Waals surface area contributed by atoms with Gasteiger partial charge in [-0.3, -0.25) is 4.79 Å². The number of carbonyl (C=O) groups is 1. The minimum atomic E-state index is -0.235. The van der Waals surface area contributed by atoms with Gasteiger partial charge in [0.1, 0.15) is 10.6 Å². The van der Waals surface area contributed by atoms with Gasteiger partial charge in [0.15, 0.2) is 5.75 Å². The third-order valence-corrected chi connectivity index (χ3v) is 3.65. The van der Waals surface area contributed by atoms with Crippen molar-refractivity contribution >= 4 is 28.8 Å². The molecular weight excluding hydrogens is 290 g/mol. The number of hydrogen-bond donors (Lipinski definition) is 2. The molecule has 1 aromatic carbocycles. The maximum Gasteiger partial charge on any atom is 0.262 e. The van der Waals surface area contributed by atoms with Crippen LogP contribution in [0.3, 0.4) is 0 Å². The molecule has 0 spiro atoms. The van der Waals surface area contributed by atoms with Crippen LogP contribution in [0.5, 0.6) is 5.75 Å². The Kier molecular flexibility index (Phi) is 3.76. The predicted octanol–water partition coefficient (Wildman–Crippen LogP) is 0.847. The number of thiocarbonyl (C=S) groups is 1. The molecular formula is C14H15N3O3S. The van der Waals surface area contributed by atoms with Gasteiger partial charge in [-0.05, 0) is 12.1 Å². The fourth-order valence-electron chi connectivity index (χ4n) is 2.25. The molecule has 1 aromatic rings. The number of benzene rings is 1. The monoisotopic (exact) mass is 305 g/mol. The summed E-state index contributed by atoms with van der Waals surface area (Å²) in [5.41, 5.74) is 6.83. The van der Waals surface area contributed by atoms with Crippen LogP contribution in [0.1, 0.15) is 0 Å². The first-order valence-corrected chi connectivity index (χ1v) is 7.02. The second-order valence-electron chi connectivity index (χ2n) is 4.70. The zero-order valence-corrected chi connectivity index (χ0v) is 12.1. The Bertz CT molecular complexity index is 624. The van der Waals surface area contributed by atoms with E-state index in [0.717, 1.165) is 0 Å². The third-order valence-electron chi connectivity index (χ3n) is 3.34. The Morgan fingerprint density at radius 1 is 1.29 bits per heavy atom. The summed E-state index contributed by atoms with van der Waals surface area (Å²) in [6, 6.07) is 7.26. The van der Waals surface area contributed by atoms with Crippen LogP contribution in [0.25, 0.3) is 0 Å². The summed E-state index contributed by atoms with van der Waals surface area (Å²) >= 11 is 5.30. The van der Waals surface area contributed by atoms with Gasteiger partial charge in [0.05, 0.1) is 18.9 Å². The molecule has 3 N–H and O–H groups in total. The second kappa shape index (κ2) is 5.71. The lowest BCUT2D eigenvalue weighted by atomic mass is 10.2. The number of nitrogens with two attached hydrogens (primary N) is 1. The summed E-state index contributed by atoms with van der Waals surface area (Å²) in [5, 5.41) is 3.01. The van der Waals surface area contributed by atoms with Gasteiger partial charge in [-0.15, -0.1) is 0 Å². The van der Waals surface area contributed by atoms with E-state index in [0.29, 0.717) is 37.7 Å². The van der Waals surface area contributed by atoms with Crippen LogP contribution < -0.4 is 15.8 Å². The van der Waals surface area contributed by atoms with Gasteiger partial charge >= 0.3 is 0 Å². The Balaban J connectivity index is 1.91.